The number of hydrogen-bond donors (Lipinski definition) is 2. The minimum absolute atomic E-state index is 0.0878. The van der Waals surface area contributed by atoms with Crippen molar-refractivity contribution < 1.29 is 24.2 Å². The summed E-state index contributed by atoms with van der Waals surface area (Å²) in [7, 11) is 0. The minimum atomic E-state index is -1.41. The van der Waals surface area contributed by atoms with Gasteiger partial charge in [0.15, 0.2) is 10.3 Å². The van der Waals surface area contributed by atoms with Gasteiger partial charge in [-0.2, -0.15) is 4.98 Å². The fourth-order valence-electron chi connectivity index (χ4n) is 5.38. The molecule has 13 heteroatoms. The third kappa shape index (κ3) is 6.41. The van der Waals surface area contributed by atoms with E-state index >= 15 is 0 Å². The Morgan fingerprint density at radius 1 is 1.00 bits per heavy atom. The van der Waals surface area contributed by atoms with Crippen molar-refractivity contribution in [2.24, 2.45) is 0 Å². The van der Waals surface area contributed by atoms with Gasteiger partial charge in [-0.15, -0.1) is 0 Å². The molecule has 0 radical (unpaired) electrons. The van der Waals surface area contributed by atoms with Crippen molar-refractivity contribution in [3.63, 3.8) is 0 Å². The van der Waals surface area contributed by atoms with Crippen molar-refractivity contribution in [1.29, 1.82) is 0 Å². The molecule has 0 unspecified atom stereocenters. The highest BCUT2D eigenvalue weighted by molar-refractivity contribution is 7.22. The number of anilines is 2. The number of thiazole rings is 2. The lowest BCUT2D eigenvalue weighted by Gasteiger charge is -2.29. The molecule has 0 saturated heterocycles. The van der Waals surface area contributed by atoms with Crippen LogP contribution in [0.15, 0.2) is 85.5 Å². The van der Waals surface area contributed by atoms with Crippen LogP contribution in [0, 0.1) is 0 Å². The van der Waals surface area contributed by atoms with Gasteiger partial charge in [-0.3, -0.25) is 10.1 Å². The van der Waals surface area contributed by atoms with Crippen LogP contribution in [0.5, 0.6) is 11.6 Å². The topological polar surface area (TPSA) is 132 Å². The largest absolute Gasteiger partial charge is 0.512 e. The van der Waals surface area contributed by atoms with Crippen molar-refractivity contribution in [2.75, 3.05) is 23.4 Å². The number of carbonyl (C=O) groups excluding carboxylic acids is 1. The maximum Gasteiger partial charge on any atom is 0.512 e. The standard InChI is InChI=1S/C33H28N6O5S2/c40-29(36-31-35-26-7-1-2-8-27(26)45-31)24-6-3-5-21-14-16-38(19-25(21)24)32-37-30(44-33(41)42)28(46-32)9-4-18-43-23-12-10-22(11-13-23)39-17-15-34-20-39/h1-3,5-8,10-13,15,17,20H,4,9,14,16,18-19H2,(H,41,42)(H,35,36,40). The van der Waals surface area contributed by atoms with E-state index in [-0.39, 0.29) is 11.8 Å². The zero-order chi connectivity index (χ0) is 31.5. The molecule has 0 spiro atoms. The smallest absolute Gasteiger partial charge is 0.494 e. The fourth-order valence-corrected chi connectivity index (χ4v) is 7.29. The molecule has 11 nitrogen and oxygen atoms in total. The molecule has 1 amide bonds. The third-order valence-corrected chi connectivity index (χ3v) is 9.70. The predicted octanol–water partition coefficient (Wildman–Crippen LogP) is 6.82. The first kappa shape index (κ1) is 29.4. The summed E-state index contributed by atoms with van der Waals surface area (Å²) in [6, 6.07) is 21.2. The van der Waals surface area contributed by atoms with Gasteiger partial charge in [0, 0.05) is 36.7 Å². The number of para-hydroxylation sites is 1. The number of rotatable bonds is 10. The average Bonchev–Trinajstić information content (AvgIpc) is 3.83. The summed E-state index contributed by atoms with van der Waals surface area (Å²) in [5, 5.41) is 13.5. The van der Waals surface area contributed by atoms with Crippen LogP contribution >= 0.6 is 22.7 Å². The van der Waals surface area contributed by atoms with Gasteiger partial charge >= 0.3 is 6.16 Å². The molecule has 1 aliphatic heterocycles. The Kier molecular flexibility index (Phi) is 8.31. The van der Waals surface area contributed by atoms with Crippen LogP contribution in [0.3, 0.4) is 0 Å². The van der Waals surface area contributed by atoms with Crippen LogP contribution in [0.4, 0.5) is 15.1 Å². The Morgan fingerprint density at radius 3 is 2.67 bits per heavy atom. The summed E-state index contributed by atoms with van der Waals surface area (Å²) in [5.41, 5.74) is 4.42. The van der Waals surface area contributed by atoms with Crippen LogP contribution in [0.1, 0.15) is 32.8 Å². The van der Waals surface area contributed by atoms with Crippen LogP contribution in [0.25, 0.3) is 15.9 Å². The average molecular weight is 653 g/mol. The molecular weight excluding hydrogens is 625 g/mol. The lowest BCUT2D eigenvalue weighted by Crippen LogP contribution is -2.32. The molecule has 3 aromatic carbocycles. The molecule has 0 aliphatic carbocycles. The monoisotopic (exact) mass is 652 g/mol. The van der Waals surface area contributed by atoms with Crippen molar-refractivity contribution in [3.8, 4) is 17.3 Å². The molecule has 4 heterocycles. The first-order chi connectivity index (χ1) is 22.5. The van der Waals surface area contributed by atoms with Crippen molar-refractivity contribution in [1.82, 2.24) is 19.5 Å². The lowest BCUT2D eigenvalue weighted by molar-refractivity contribution is 0.102. The van der Waals surface area contributed by atoms with Crippen molar-refractivity contribution in [2.45, 2.75) is 25.8 Å². The van der Waals surface area contributed by atoms with Gasteiger partial charge < -0.3 is 24.0 Å². The highest BCUT2D eigenvalue weighted by Gasteiger charge is 2.26. The summed E-state index contributed by atoms with van der Waals surface area (Å²) >= 11 is 2.84. The molecule has 0 saturated carbocycles. The normalized spacial score (nSPS) is 12.6. The van der Waals surface area contributed by atoms with Gasteiger partial charge in [0.2, 0.25) is 5.88 Å². The van der Waals surface area contributed by atoms with Gasteiger partial charge in [0.05, 0.1) is 28.0 Å². The SMILES string of the molecule is O=C(O)Oc1nc(N2CCc3cccc(C(=O)Nc4nc5ccccc5s4)c3C2)sc1CCCOc1ccc(-n2ccnc2)cc1. The van der Waals surface area contributed by atoms with Crippen LogP contribution < -0.4 is 19.7 Å². The molecule has 0 fully saturated rings. The second-order valence-corrected chi connectivity index (χ2v) is 12.7. The number of benzene rings is 3. The molecule has 232 valence electrons. The highest BCUT2D eigenvalue weighted by Crippen LogP contribution is 2.36. The molecule has 6 aromatic rings. The van der Waals surface area contributed by atoms with E-state index in [1.807, 2.05) is 77.5 Å². The number of hydrogen-bond acceptors (Lipinski definition) is 10. The maximum atomic E-state index is 13.4. The van der Waals surface area contributed by atoms with E-state index in [2.05, 4.69) is 25.2 Å². The van der Waals surface area contributed by atoms with E-state index in [0.717, 1.165) is 44.1 Å². The van der Waals surface area contributed by atoms with E-state index in [9.17, 15) is 14.7 Å². The third-order valence-electron chi connectivity index (χ3n) is 7.59. The summed E-state index contributed by atoms with van der Waals surface area (Å²) in [6.07, 6.45) is 5.82. The van der Waals surface area contributed by atoms with Crippen LogP contribution in [-0.2, 0) is 19.4 Å². The summed E-state index contributed by atoms with van der Waals surface area (Å²) in [6.45, 7) is 1.57. The first-order valence-electron chi connectivity index (χ1n) is 14.6. The quantitative estimate of drug-likeness (QED) is 0.121. The number of nitrogens with one attached hydrogen (secondary N) is 1. The zero-order valence-corrected chi connectivity index (χ0v) is 26.1. The summed E-state index contributed by atoms with van der Waals surface area (Å²) in [4.78, 5) is 40.9. The van der Waals surface area contributed by atoms with E-state index < -0.39 is 6.16 Å². The Morgan fingerprint density at radius 2 is 1.87 bits per heavy atom. The first-order valence-corrected chi connectivity index (χ1v) is 16.3. The number of carbonyl (C=O) groups is 2. The lowest BCUT2D eigenvalue weighted by atomic mass is 9.94. The Hall–Kier alpha value is -5.27. The van der Waals surface area contributed by atoms with E-state index in [4.69, 9.17) is 9.47 Å². The van der Waals surface area contributed by atoms with E-state index in [1.165, 1.54) is 22.7 Å². The molecular formula is C33H28N6O5S2. The minimum Gasteiger partial charge on any atom is -0.494 e. The number of ether oxygens (including phenoxy) is 2. The van der Waals surface area contributed by atoms with Crippen molar-refractivity contribution in [3.05, 3.63) is 107 Å². The number of nitrogens with zero attached hydrogens (tertiary/aromatic N) is 5. The molecule has 7 rings (SSSR count). The van der Waals surface area contributed by atoms with Crippen LogP contribution in [0.2, 0.25) is 0 Å². The van der Waals surface area contributed by atoms with Gasteiger partial charge in [-0.25, -0.2) is 14.8 Å². The van der Waals surface area contributed by atoms with Gasteiger partial charge in [0.25, 0.3) is 5.91 Å². The second-order valence-electron chi connectivity index (χ2n) is 10.6. The zero-order valence-electron chi connectivity index (χ0n) is 24.5. The van der Waals surface area contributed by atoms with Gasteiger partial charge in [-0.05, 0) is 72.9 Å². The summed E-state index contributed by atoms with van der Waals surface area (Å²) in [5.74, 6) is 0.611. The predicted molar refractivity (Wildman–Crippen MR) is 177 cm³/mol. The molecule has 0 bridgehead atoms. The van der Waals surface area contributed by atoms with Gasteiger partial charge in [0.1, 0.15) is 5.75 Å². The number of carboxylic acid groups (broad SMARTS) is 1. The number of imidazole rings is 1. The molecule has 2 N–H and O–H groups in total. The molecule has 46 heavy (non-hydrogen) atoms. The number of aromatic nitrogens is 4. The number of fused-ring (bicyclic) bond motifs is 2. The Balaban J connectivity index is 1.02. The van der Waals surface area contributed by atoms with Crippen LogP contribution in [-0.4, -0.2) is 49.8 Å². The van der Waals surface area contributed by atoms with E-state index in [0.29, 0.717) is 48.4 Å². The number of amides is 1. The van der Waals surface area contributed by atoms with Gasteiger partial charge in [-0.1, -0.05) is 46.9 Å². The number of aryl methyl sites for hydroxylation is 1. The molecule has 3 aromatic heterocycles. The highest BCUT2D eigenvalue weighted by atomic mass is 32.1. The Labute approximate surface area is 271 Å². The van der Waals surface area contributed by atoms with E-state index in [1.54, 1.807) is 12.5 Å². The maximum absolute atomic E-state index is 13.4. The Bertz CT molecular complexity index is 1970. The fraction of sp³-hybridized carbons (Fsp3) is 0.182. The second kappa shape index (κ2) is 13.0. The van der Waals surface area contributed by atoms with Crippen molar-refractivity contribution >= 4 is 55.2 Å². The molecule has 0 atom stereocenters. The summed E-state index contributed by atoms with van der Waals surface area (Å²) < 4.78 is 13.9. The molecule has 1 aliphatic rings.